The number of ketones is 1. The summed E-state index contributed by atoms with van der Waals surface area (Å²) in [6.07, 6.45) is 0. The van der Waals surface area contributed by atoms with Crippen molar-refractivity contribution in [2.75, 3.05) is 0 Å². The van der Waals surface area contributed by atoms with Gasteiger partial charge in [0, 0.05) is 62.6 Å². The van der Waals surface area contributed by atoms with E-state index in [2.05, 4.69) is 60.7 Å². The SMILES string of the molecule is O=C1c2ccc3c(sc4ccccc43)c2-c2c1ccc1sc3ccccc3c21. The van der Waals surface area contributed by atoms with E-state index in [4.69, 9.17) is 0 Å². The highest BCUT2D eigenvalue weighted by Crippen LogP contribution is 2.51. The smallest absolute Gasteiger partial charge is 0.194 e. The summed E-state index contributed by atoms with van der Waals surface area (Å²) in [6.45, 7) is 0. The minimum absolute atomic E-state index is 0.154. The van der Waals surface area contributed by atoms with Gasteiger partial charge in [0.25, 0.3) is 0 Å². The van der Waals surface area contributed by atoms with Crippen LogP contribution in [0.2, 0.25) is 0 Å². The Balaban J connectivity index is 1.75. The van der Waals surface area contributed by atoms with Crippen molar-refractivity contribution >= 4 is 68.8 Å². The number of hydrogen-bond acceptors (Lipinski definition) is 3. The Kier molecular flexibility index (Phi) is 2.71. The van der Waals surface area contributed by atoms with E-state index in [9.17, 15) is 4.79 Å². The quantitative estimate of drug-likeness (QED) is 0.259. The molecule has 0 saturated heterocycles. The van der Waals surface area contributed by atoms with Gasteiger partial charge in [-0.25, -0.2) is 0 Å². The first-order valence-electron chi connectivity index (χ1n) is 9.25. The average molecular weight is 393 g/mol. The topological polar surface area (TPSA) is 17.1 Å². The average Bonchev–Trinajstić information content (AvgIpc) is 3.37. The third-order valence-corrected chi connectivity index (χ3v) is 8.17. The maximum atomic E-state index is 13.3. The first-order valence-corrected chi connectivity index (χ1v) is 10.9. The molecule has 0 aliphatic heterocycles. The third kappa shape index (κ3) is 1.69. The number of rotatable bonds is 0. The van der Waals surface area contributed by atoms with E-state index in [0.29, 0.717) is 0 Å². The minimum atomic E-state index is 0.154. The predicted octanol–water partition coefficient (Wildman–Crippen LogP) is 7.63. The highest BCUT2D eigenvalue weighted by molar-refractivity contribution is 7.27. The van der Waals surface area contributed by atoms with Crippen LogP contribution in [0.25, 0.3) is 51.5 Å². The Labute approximate surface area is 168 Å². The number of carbonyl (C=O) groups excluding carboxylic acids is 1. The summed E-state index contributed by atoms with van der Waals surface area (Å²) < 4.78 is 5.02. The molecule has 0 bridgehead atoms. The normalized spacial score (nSPS) is 13.1. The molecule has 0 spiro atoms. The molecule has 0 amide bonds. The van der Waals surface area contributed by atoms with Gasteiger partial charge in [-0.2, -0.15) is 0 Å². The lowest BCUT2D eigenvalue weighted by Crippen LogP contribution is -1.94. The molecule has 1 nitrogen and oxygen atoms in total. The van der Waals surface area contributed by atoms with Crippen molar-refractivity contribution in [3.63, 3.8) is 0 Å². The van der Waals surface area contributed by atoms with Crippen LogP contribution < -0.4 is 0 Å². The lowest BCUT2D eigenvalue weighted by Gasteiger charge is -2.05. The Hall–Kier alpha value is -3.01. The molecule has 0 atom stereocenters. The fourth-order valence-corrected chi connectivity index (χ4v) is 7.01. The van der Waals surface area contributed by atoms with Gasteiger partial charge in [-0.1, -0.05) is 42.5 Å². The van der Waals surface area contributed by atoms with Gasteiger partial charge in [-0.15, -0.1) is 22.7 Å². The molecule has 6 aromatic rings. The van der Waals surface area contributed by atoms with Crippen LogP contribution in [-0.2, 0) is 0 Å². The van der Waals surface area contributed by atoms with E-state index in [0.717, 1.165) is 22.3 Å². The van der Waals surface area contributed by atoms with Crippen LogP contribution in [0.15, 0.2) is 72.8 Å². The molecule has 0 radical (unpaired) electrons. The molecular weight excluding hydrogens is 380 g/mol. The zero-order valence-electron chi connectivity index (χ0n) is 14.7. The van der Waals surface area contributed by atoms with Crippen LogP contribution >= 0.6 is 22.7 Å². The summed E-state index contributed by atoms with van der Waals surface area (Å²) in [4.78, 5) is 13.3. The molecule has 2 heterocycles. The molecule has 4 aromatic carbocycles. The second-order valence-electron chi connectivity index (χ2n) is 7.25. The molecular formula is C25H12OS2. The van der Waals surface area contributed by atoms with Gasteiger partial charge < -0.3 is 0 Å². The van der Waals surface area contributed by atoms with Crippen molar-refractivity contribution in [1.29, 1.82) is 0 Å². The Morgan fingerprint density at radius 3 is 2.07 bits per heavy atom. The van der Waals surface area contributed by atoms with Crippen molar-refractivity contribution in [2.24, 2.45) is 0 Å². The van der Waals surface area contributed by atoms with E-state index in [1.807, 2.05) is 12.1 Å². The standard InChI is InChI=1S/C25H12OS2/c26-24-16-11-12-20-21(15-6-2-4-8-19(15)27-20)22(16)23-17(24)10-9-14-13-5-1-3-7-18(13)28-25(14)23/h1-12H. The van der Waals surface area contributed by atoms with Gasteiger partial charge in [-0.05, 0) is 30.3 Å². The largest absolute Gasteiger partial charge is 0.289 e. The maximum absolute atomic E-state index is 13.3. The Morgan fingerprint density at radius 2 is 1.21 bits per heavy atom. The van der Waals surface area contributed by atoms with Gasteiger partial charge >= 0.3 is 0 Å². The first-order chi connectivity index (χ1) is 13.8. The molecule has 1 aliphatic rings. The van der Waals surface area contributed by atoms with Crippen LogP contribution in [-0.4, -0.2) is 5.78 Å². The minimum Gasteiger partial charge on any atom is -0.289 e. The van der Waals surface area contributed by atoms with Gasteiger partial charge in [0.05, 0.1) is 0 Å². The van der Waals surface area contributed by atoms with Crippen LogP contribution in [0.5, 0.6) is 0 Å². The van der Waals surface area contributed by atoms with E-state index in [1.54, 1.807) is 22.7 Å². The summed E-state index contributed by atoms with van der Waals surface area (Å²) in [7, 11) is 0. The fourth-order valence-electron chi connectivity index (χ4n) is 4.64. The Bertz CT molecular complexity index is 1630. The molecule has 3 heteroatoms. The highest BCUT2D eigenvalue weighted by atomic mass is 32.1. The summed E-state index contributed by atoms with van der Waals surface area (Å²) >= 11 is 3.61. The van der Waals surface area contributed by atoms with Crippen LogP contribution in [0.4, 0.5) is 0 Å². The lowest BCUT2D eigenvalue weighted by atomic mass is 9.98. The molecule has 1 aliphatic carbocycles. The van der Waals surface area contributed by atoms with Crippen molar-refractivity contribution in [2.45, 2.75) is 0 Å². The van der Waals surface area contributed by atoms with Crippen molar-refractivity contribution in [1.82, 2.24) is 0 Å². The zero-order chi connectivity index (χ0) is 18.4. The number of carbonyl (C=O) groups is 1. The van der Waals surface area contributed by atoms with Gasteiger partial charge in [0.1, 0.15) is 0 Å². The molecule has 0 N–H and O–H groups in total. The van der Waals surface area contributed by atoms with Gasteiger partial charge in [-0.3, -0.25) is 4.79 Å². The van der Waals surface area contributed by atoms with Crippen molar-refractivity contribution in [3.05, 3.63) is 83.9 Å². The van der Waals surface area contributed by atoms with E-state index in [-0.39, 0.29) is 5.78 Å². The van der Waals surface area contributed by atoms with Crippen molar-refractivity contribution < 1.29 is 4.79 Å². The molecule has 0 unspecified atom stereocenters. The predicted molar refractivity (Wildman–Crippen MR) is 121 cm³/mol. The number of benzene rings is 4. The zero-order valence-corrected chi connectivity index (χ0v) is 16.3. The first kappa shape index (κ1) is 15.0. The molecule has 130 valence electrons. The fraction of sp³-hybridized carbons (Fsp3) is 0. The number of fused-ring (bicyclic) bond motifs is 11. The van der Waals surface area contributed by atoms with Gasteiger partial charge in [0.15, 0.2) is 5.78 Å². The van der Waals surface area contributed by atoms with Crippen LogP contribution in [0.3, 0.4) is 0 Å². The number of thiophene rings is 2. The van der Waals surface area contributed by atoms with E-state index in [1.165, 1.54) is 40.3 Å². The summed E-state index contributed by atoms with van der Waals surface area (Å²) in [5, 5.41) is 5.00. The summed E-state index contributed by atoms with van der Waals surface area (Å²) in [5.41, 5.74) is 3.95. The molecule has 2 aromatic heterocycles. The molecule has 0 saturated carbocycles. The lowest BCUT2D eigenvalue weighted by molar-refractivity contribution is 0.104. The van der Waals surface area contributed by atoms with Crippen molar-refractivity contribution in [3.8, 4) is 11.1 Å². The Morgan fingerprint density at radius 1 is 0.536 bits per heavy atom. The highest BCUT2D eigenvalue weighted by Gasteiger charge is 2.32. The monoisotopic (exact) mass is 392 g/mol. The van der Waals surface area contributed by atoms with Crippen LogP contribution in [0, 0.1) is 0 Å². The molecule has 28 heavy (non-hydrogen) atoms. The second kappa shape index (κ2) is 5.07. The molecule has 7 rings (SSSR count). The van der Waals surface area contributed by atoms with Crippen LogP contribution in [0.1, 0.15) is 15.9 Å². The second-order valence-corrected chi connectivity index (χ2v) is 9.39. The number of hydrogen-bond donors (Lipinski definition) is 0. The summed E-state index contributed by atoms with van der Waals surface area (Å²) in [6, 6.07) is 25.3. The van der Waals surface area contributed by atoms with E-state index < -0.39 is 0 Å². The molecule has 0 fully saturated rings. The van der Waals surface area contributed by atoms with Gasteiger partial charge in [0.2, 0.25) is 0 Å². The van der Waals surface area contributed by atoms with E-state index >= 15 is 0 Å². The maximum Gasteiger partial charge on any atom is 0.194 e. The third-order valence-electron chi connectivity index (χ3n) is 5.83. The summed E-state index contributed by atoms with van der Waals surface area (Å²) in [5.74, 6) is 0.154.